The Morgan fingerprint density at radius 2 is 1.97 bits per heavy atom. The fraction of sp³-hybridized carbons (Fsp3) is 0.318. The smallest absolute Gasteiger partial charge is 0.263 e. The number of hydrogen-bond acceptors (Lipinski definition) is 7. The van der Waals surface area contributed by atoms with Gasteiger partial charge in [0.05, 0.1) is 23.8 Å². The van der Waals surface area contributed by atoms with Crippen molar-refractivity contribution in [1.29, 1.82) is 0 Å². The summed E-state index contributed by atoms with van der Waals surface area (Å²) in [6.45, 7) is 8.10. The van der Waals surface area contributed by atoms with Crippen LogP contribution in [-0.2, 0) is 5.75 Å². The van der Waals surface area contributed by atoms with Gasteiger partial charge in [0.15, 0.2) is 5.16 Å². The molecule has 0 aliphatic carbocycles. The highest BCUT2D eigenvalue weighted by molar-refractivity contribution is 7.98. The molecule has 156 valence electrons. The highest BCUT2D eigenvalue weighted by Crippen LogP contribution is 2.34. The summed E-state index contributed by atoms with van der Waals surface area (Å²) in [6.07, 6.45) is 0. The third-order valence-corrected chi connectivity index (χ3v) is 7.97. The van der Waals surface area contributed by atoms with Crippen molar-refractivity contribution >= 4 is 44.7 Å². The Balaban J connectivity index is 1.65. The lowest BCUT2D eigenvalue weighted by Gasteiger charge is -2.15. The molecule has 0 saturated carbocycles. The van der Waals surface area contributed by atoms with Gasteiger partial charge in [0.2, 0.25) is 0 Å². The molecule has 0 spiro atoms. The van der Waals surface area contributed by atoms with Crippen LogP contribution in [-0.4, -0.2) is 21.6 Å². The molecular formula is C22H23N3O2S3. The molecule has 0 N–H and O–H groups in total. The minimum Gasteiger partial charge on any atom is -0.496 e. The zero-order valence-electron chi connectivity index (χ0n) is 17.6. The zero-order chi connectivity index (χ0) is 21.4. The summed E-state index contributed by atoms with van der Waals surface area (Å²) < 4.78 is 7.27. The first-order valence-electron chi connectivity index (χ1n) is 9.63. The average molecular weight is 458 g/mol. The van der Waals surface area contributed by atoms with Crippen molar-refractivity contribution in [3.05, 3.63) is 56.1 Å². The van der Waals surface area contributed by atoms with Crippen molar-refractivity contribution < 1.29 is 4.74 Å². The normalized spacial score (nSPS) is 11.5. The number of fused-ring (bicyclic) bond motifs is 1. The van der Waals surface area contributed by atoms with E-state index in [0.717, 1.165) is 47.8 Å². The molecule has 4 rings (SSSR count). The zero-order valence-corrected chi connectivity index (χ0v) is 20.0. The van der Waals surface area contributed by atoms with Gasteiger partial charge in [0.1, 0.15) is 15.6 Å². The molecule has 0 radical (unpaired) electrons. The van der Waals surface area contributed by atoms with Gasteiger partial charge >= 0.3 is 0 Å². The summed E-state index contributed by atoms with van der Waals surface area (Å²) in [5.41, 5.74) is 3.05. The third kappa shape index (κ3) is 3.79. The van der Waals surface area contributed by atoms with E-state index in [9.17, 15) is 4.79 Å². The summed E-state index contributed by atoms with van der Waals surface area (Å²) in [4.78, 5) is 24.8. The Kier molecular flexibility index (Phi) is 5.99. The minimum absolute atomic E-state index is 0.0380. The number of benzene rings is 1. The van der Waals surface area contributed by atoms with E-state index in [1.54, 1.807) is 46.1 Å². The van der Waals surface area contributed by atoms with Crippen LogP contribution in [0.25, 0.3) is 20.8 Å². The van der Waals surface area contributed by atoms with Crippen LogP contribution in [0.5, 0.6) is 5.75 Å². The van der Waals surface area contributed by atoms with Crippen LogP contribution < -0.4 is 10.3 Å². The van der Waals surface area contributed by atoms with Crippen LogP contribution >= 0.6 is 34.4 Å². The number of para-hydroxylation sites is 1. The standard InChI is InChI=1S/C22H23N3O2S3/c1-12(2)25-21(26)18-13(3)14(4)30-20(18)24-22(25)29-11-15-10-28-19(23-15)16-8-6-7-9-17(16)27-5/h6-10,12H,11H2,1-5H3. The Morgan fingerprint density at radius 3 is 2.70 bits per heavy atom. The van der Waals surface area contributed by atoms with Gasteiger partial charge in [-0.25, -0.2) is 9.97 Å². The number of hydrogen-bond donors (Lipinski definition) is 0. The molecular weight excluding hydrogens is 434 g/mol. The molecule has 0 fully saturated rings. The minimum atomic E-state index is 0.0380. The monoisotopic (exact) mass is 457 g/mol. The molecule has 3 aromatic heterocycles. The number of rotatable bonds is 6. The molecule has 0 atom stereocenters. The maximum absolute atomic E-state index is 13.2. The summed E-state index contributed by atoms with van der Waals surface area (Å²) in [5.74, 6) is 1.47. The molecule has 8 heteroatoms. The molecule has 0 aliphatic heterocycles. The molecule has 0 aliphatic rings. The highest BCUT2D eigenvalue weighted by Gasteiger charge is 2.19. The molecule has 0 unspecified atom stereocenters. The predicted molar refractivity (Wildman–Crippen MR) is 127 cm³/mol. The molecule has 0 saturated heterocycles. The van der Waals surface area contributed by atoms with Crippen LogP contribution in [0.4, 0.5) is 0 Å². The molecule has 0 bridgehead atoms. The number of thiazole rings is 1. The predicted octanol–water partition coefficient (Wildman–Crippen LogP) is 6.08. The Bertz CT molecular complexity index is 1270. The van der Waals surface area contributed by atoms with E-state index in [2.05, 4.69) is 5.38 Å². The Labute approximate surface area is 187 Å². The van der Waals surface area contributed by atoms with Gasteiger partial charge in [-0.05, 0) is 45.4 Å². The SMILES string of the molecule is COc1ccccc1-c1nc(CSc2nc3sc(C)c(C)c3c(=O)n2C(C)C)cs1. The maximum atomic E-state index is 13.2. The summed E-state index contributed by atoms with van der Waals surface area (Å²) in [6, 6.07) is 7.93. The molecule has 4 aromatic rings. The number of aromatic nitrogens is 3. The van der Waals surface area contributed by atoms with E-state index in [4.69, 9.17) is 14.7 Å². The van der Waals surface area contributed by atoms with Crippen LogP contribution in [0.2, 0.25) is 0 Å². The lowest BCUT2D eigenvalue weighted by Crippen LogP contribution is -2.24. The number of thiophene rings is 1. The molecule has 0 amide bonds. The van der Waals surface area contributed by atoms with Gasteiger partial charge in [0.25, 0.3) is 5.56 Å². The van der Waals surface area contributed by atoms with E-state index in [0.29, 0.717) is 5.75 Å². The lowest BCUT2D eigenvalue weighted by molar-refractivity contribution is 0.416. The molecule has 1 aromatic carbocycles. The number of aryl methyl sites for hydroxylation is 2. The second kappa shape index (κ2) is 8.53. The van der Waals surface area contributed by atoms with Crippen molar-refractivity contribution in [2.75, 3.05) is 7.11 Å². The first-order valence-corrected chi connectivity index (χ1v) is 12.3. The van der Waals surface area contributed by atoms with E-state index < -0.39 is 0 Å². The number of ether oxygens (including phenoxy) is 1. The lowest BCUT2D eigenvalue weighted by atomic mass is 10.2. The molecule has 3 heterocycles. The maximum Gasteiger partial charge on any atom is 0.263 e. The Morgan fingerprint density at radius 1 is 1.20 bits per heavy atom. The summed E-state index contributed by atoms with van der Waals surface area (Å²) in [5, 5.41) is 4.49. The van der Waals surface area contributed by atoms with E-state index in [1.165, 1.54) is 0 Å². The summed E-state index contributed by atoms with van der Waals surface area (Å²) in [7, 11) is 1.67. The largest absolute Gasteiger partial charge is 0.496 e. The third-order valence-electron chi connectivity index (χ3n) is 4.96. The highest BCUT2D eigenvalue weighted by atomic mass is 32.2. The number of thioether (sulfide) groups is 1. The fourth-order valence-electron chi connectivity index (χ4n) is 3.30. The molecule has 5 nitrogen and oxygen atoms in total. The van der Waals surface area contributed by atoms with Crippen molar-refractivity contribution in [3.63, 3.8) is 0 Å². The second-order valence-corrected chi connectivity index (χ2v) is 10.3. The van der Waals surface area contributed by atoms with Gasteiger partial charge in [0, 0.05) is 22.1 Å². The average Bonchev–Trinajstić information content (AvgIpc) is 3.30. The van der Waals surface area contributed by atoms with Gasteiger partial charge in [-0.2, -0.15) is 0 Å². The topological polar surface area (TPSA) is 57.0 Å². The van der Waals surface area contributed by atoms with E-state index in [-0.39, 0.29) is 11.6 Å². The number of methoxy groups -OCH3 is 1. The summed E-state index contributed by atoms with van der Waals surface area (Å²) >= 11 is 4.75. The van der Waals surface area contributed by atoms with E-state index >= 15 is 0 Å². The van der Waals surface area contributed by atoms with Crippen molar-refractivity contribution in [1.82, 2.24) is 14.5 Å². The quantitative estimate of drug-likeness (QED) is 0.259. The van der Waals surface area contributed by atoms with Crippen LogP contribution in [0.1, 0.15) is 36.0 Å². The van der Waals surface area contributed by atoms with Crippen LogP contribution in [0.15, 0.2) is 39.6 Å². The van der Waals surface area contributed by atoms with Crippen LogP contribution in [0.3, 0.4) is 0 Å². The van der Waals surface area contributed by atoms with Gasteiger partial charge in [-0.1, -0.05) is 23.9 Å². The Hall–Kier alpha value is -2.16. The molecule has 30 heavy (non-hydrogen) atoms. The number of nitrogens with zero attached hydrogens (tertiary/aromatic N) is 3. The van der Waals surface area contributed by atoms with Gasteiger partial charge < -0.3 is 4.74 Å². The van der Waals surface area contributed by atoms with Crippen LogP contribution in [0, 0.1) is 13.8 Å². The van der Waals surface area contributed by atoms with Crippen molar-refractivity contribution in [2.24, 2.45) is 0 Å². The van der Waals surface area contributed by atoms with Crippen molar-refractivity contribution in [3.8, 4) is 16.3 Å². The van der Waals surface area contributed by atoms with E-state index in [1.807, 2.05) is 52.0 Å². The van der Waals surface area contributed by atoms with Crippen molar-refractivity contribution in [2.45, 2.75) is 44.6 Å². The first-order chi connectivity index (χ1) is 14.4. The van der Waals surface area contributed by atoms with Gasteiger partial charge in [-0.3, -0.25) is 9.36 Å². The first kappa shape index (κ1) is 21.1. The van der Waals surface area contributed by atoms with Gasteiger partial charge in [-0.15, -0.1) is 22.7 Å². The second-order valence-electron chi connectivity index (χ2n) is 7.26. The fourth-order valence-corrected chi connectivity index (χ4v) is 6.35.